The second-order valence-electron chi connectivity index (χ2n) is 6.09. The highest BCUT2D eigenvalue weighted by Gasteiger charge is 2.26. The summed E-state index contributed by atoms with van der Waals surface area (Å²) in [5, 5.41) is 5.89. The molecule has 6 nitrogen and oxygen atoms in total. The third-order valence-corrected chi connectivity index (χ3v) is 5.44. The molecule has 0 aromatic carbocycles. The van der Waals surface area contributed by atoms with Crippen LogP contribution in [0, 0.1) is 5.92 Å². The quantitative estimate of drug-likeness (QED) is 0.676. The van der Waals surface area contributed by atoms with E-state index in [2.05, 4.69) is 22.3 Å². The molecule has 1 amide bonds. The smallest absolute Gasteiger partial charge is 0.236 e. The molecule has 1 heterocycles. The van der Waals surface area contributed by atoms with E-state index in [1.165, 1.54) is 0 Å². The molecule has 1 saturated carbocycles. The lowest BCUT2D eigenvalue weighted by Crippen LogP contribution is -2.45. The van der Waals surface area contributed by atoms with E-state index in [4.69, 9.17) is 0 Å². The molecule has 124 valence electrons. The van der Waals surface area contributed by atoms with E-state index in [9.17, 15) is 13.2 Å². The van der Waals surface area contributed by atoms with Crippen molar-refractivity contribution in [1.82, 2.24) is 15.4 Å². The van der Waals surface area contributed by atoms with Gasteiger partial charge < -0.3 is 10.6 Å². The molecule has 0 spiro atoms. The lowest BCUT2D eigenvalue weighted by atomic mass is 9.88. The highest BCUT2D eigenvalue weighted by atomic mass is 35.5. The number of carbonyl (C=O) groups excluding carboxylic acids is 1. The van der Waals surface area contributed by atoms with E-state index in [-0.39, 0.29) is 24.5 Å². The number of hydrogen-bond donors (Lipinski definition) is 3. The third kappa shape index (κ3) is 6.50. The fraction of sp³-hybridized carbons (Fsp3) is 0.923. The Morgan fingerprint density at radius 1 is 1.14 bits per heavy atom. The number of sulfonamides is 1. The topological polar surface area (TPSA) is 87.3 Å². The van der Waals surface area contributed by atoms with Crippen LogP contribution in [0.15, 0.2) is 0 Å². The first-order valence-corrected chi connectivity index (χ1v) is 9.10. The van der Waals surface area contributed by atoms with Crippen LogP contribution >= 0.6 is 12.4 Å². The summed E-state index contributed by atoms with van der Waals surface area (Å²) in [7, 11) is -3.52. The predicted molar refractivity (Wildman–Crippen MR) is 85.0 cm³/mol. The Balaban J connectivity index is 0.00000220. The van der Waals surface area contributed by atoms with Crippen LogP contribution in [0.1, 0.15) is 39.0 Å². The van der Waals surface area contributed by atoms with E-state index in [0.717, 1.165) is 45.2 Å². The number of nitrogens with one attached hydrogen (secondary N) is 3. The minimum Gasteiger partial charge on any atom is -0.351 e. The van der Waals surface area contributed by atoms with Gasteiger partial charge in [-0.1, -0.05) is 6.92 Å². The van der Waals surface area contributed by atoms with Crippen molar-refractivity contribution < 1.29 is 13.2 Å². The fourth-order valence-electron chi connectivity index (χ4n) is 2.89. The summed E-state index contributed by atoms with van der Waals surface area (Å²) in [5.74, 6) is -0.195. The Labute approximate surface area is 133 Å². The molecule has 21 heavy (non-hydrogen) atoms. The van der Waals surface area contributed by atoms with Crippen LogP contribution in [0.4, 0.5) is 0 Å². The molecule has 1 saturated heterocycles. The monoisotopic (exact) mass is 339 g/mol. The molecule has 1 aliphatic carbocycles. The molecule has 3 N–H and O–H groups in total. The number of rotatable bonds is 5. The fourth-order valence-corrected chi connectivity index (χ4v) is 4.15. The first-order chi connectivity index (χ1) is 9.44. The van der Waals surface area contributed by atoms with Crippen LogP contribution in [-0.2, 0) is 14.8 Å². The Kier molecular flexibility index (Phi) is 7.39. The average Bonchev–Trinajstić information content (AvgIpc) is 2.83. The van der Waals surface area contributed by atoms with E-state index in [1.807, 2.05) is 0 Å². The van der Waals surface area contributed by atoms with Crippen molar-refractivity contribution in [3.05, 3.63) is 0 Å². The second-order valence-corrected chi connectivity index (χ2v) is 7.84. The first kappa shape index (κ1) is 18.7. The van der Waals surface area contributed by atoms with Crippen LogP contribution < -0.4 is 15.4 Å². The van der Waals surface area contributed by atoms with Gasteiger partial charge in [0.1, 0.15) is 5.75 Å². The molecule has 2 rings (SSSR count). The molecular weight excluding hydrogens is 314 g/mol. The minimum absolute atomic E-state index is 0. The summed E-state index contributed by atoms with van der Waals surface area (Å²) >= 11 is 0. The summed E-state index contributed by atoms with van der Waals surface area (Å²) < 4.78 is 26.6. The van der Waals surface area contributed by atoms with Crippen LogP contribution in [0.5, 0.6) is 0 Å². The largest absolute Gasteiger partial charge is 0.351 e. The molecule has 2 fully saturated rings. The third-order valence-electron chi connectivity index (χ3n) is 4.11. The van der Waals surface area contributed by atoms with Gasteiger partial charge in [-0.25, -0.2) is 13.1 Å². The standard InChI is InChI=1S/C13H25N3O3S.ClH/c1-10-2-4-11(5-3-10)16-20(18,19)9-13(17)15-12-6-7-14-8-12;/h10-12,14,16H,2-9H2,1H3,(H,15,17);1H. The SMILES string of the molecule is CC1CCC(NS(=O)(=O)CC(=O)NC2CCNC2)CC1.Cl. The lowest BCUT2D eigenvalue weighted by Gasteiger charge is -2.26. The molecule has 0 aromatic heterocycles. The number of amides is 1. The Morgan fingerprint density at radius 2 is 1.81 bits per heavy atom. The predicted octanol–water partition coefficient (Wildman–Crippen LogP) is 0.384. The zero-order valence-corrected chi connectivity index (χ0v) is 14.1. The average molecular weight is 340 g/mol. The highest BCUT2D eigenvalue weighted by Crippen LogP contribution is 2.23. The van der Waals surface area contributed by atoms with E-state index in [1.54, 1.807) is 0 Å². The van der Waals surface area contributed by atoms with Crippen molar-refractivity contribution in [1.29, 1.82) is 0 Å². The number of carbonyl (C=O) groups is 1. The van der Waals surface area contributed by atoms with Gasteiger partial charge in [-0.2, -0.15) is 0 Å². The lowest BCUT2D eigenvalue weighted by molar-refractivity contribution is -0.119. The molecule has 0 radical (unpaired) electrons. The zero-order valence-electron chi connectivity index (χ0n) is 12.4. The summed E-state index contributed by atoms with van der Waals surface area (Å²) in [6.45, 7) is 3.78. The van der Waals surface area contributed by atoms with Gasteiger partial charge in [0.05, 0.1) is 0 Å². The van der Waals surface area contributed by atoms with Gasteiger partial charge in [0.15, 0.2) is 0 Å². The van der Waals surface area contributed by atoms with Crippen LogP contribution in [0.2, 0.25) is 0 Å². The highest BCUT2D eigenvalue weighted by molar-refractivity contribution is 7.90. The van der Waals surface area contributed by atoms with Gasteiger partial charge in [0, 0.05) is 18.6 Å². The Hall–Kier alpha value is -0.370. The first-order valence-electron chi connectivity index (χ1n) is 7.45. The van der Waals surface area contributed by atoms with Crippen LogP contribution in [-0.4, -0.2) is 45.3 Å². The molecule has 1 atom stereocenters. The van der Waals surface area contributed by atoms with E-state index < -0.39 is 21.7 Å². The summed E-state index contributed by atoms with van der Waals surface area (Å²) in [5.41, 5.74) is 0. The second kappa shape index (κ2) is 8.31. The number of hydrogen-bond acceptors (Lipinski definition) is 4. The molecular formula is C13H26ClN3O3S. The van der Waals surface area contributed by atoms with Crippen LogP contribution in [0.3, 0.4) is 0 Å². The van der Waals surface area contributed by atoms with Gasteiger partial charge in [-0.15, -0.1) is 12.4 Å². The van der Waals surface area contributed by atoms with Gasteiger partial charge in [0.2, 0.25) is 15.9 Å². The zero-order chi connectivity index (χ0) is 14.6. The van der Waals surface area contributed by atoms with Crippen molar-refractivity contribution >= 4 is 28.3 Å². The van der Waals surface area contributed by atoms with Crippen molar-refractivity contribution in [3.8, 4) is 0 Å². The van der Waals surface area contributed by atoms with Gasteiger partial charge in [0.25, 0.3) is 0 Å². The summed E-state index contributed by atoms with van der Waals surface area (Å²) in [6.07, 6.45) is 4.70. The van der Waals surface area contributed by atoms with E-state index >= 15 is 0 Å². The molecule has 1 unspecified atom stereocenters. The molecule has 8 heteroatoms. The van der Waals surface area contributed by atoms with Gasteiger partial charge in [-0.05, 0) is 44.6 Å². The van der Waals surface area contributed by atoms with Crippen molar-refractivity contribution in [2.45, 2.75) is 51.1 Å². The molecule has 0 aromatic rings. The van der Waals surface area contributed by atoms with Gasteiger partial charge >= 0.3 is 0 Å². The molecule has 1 aliphatic heterocycles. The van der Waals surface area contributed by atoms with Gasteiger partial charge in [-0.3, -0.25) is 4.79 Å². The summed E-state index contributed by atoms with van der Waals surface area (Å²) in [6, 6.07) is 0.0605. The Morgan fingerprint density at radius 3 is 2.38 bits per heavy atom. The number of halogens is 1. The normalized spacial score (nSPS) is 29.7. The van der Waals surface area contributed by atoms with Crippen molar-refractivity contribution in [2.24, 2.45) is 5.92 Å². The Bertz CT molecular complexity index is 430. The maximum absolute atomic E-state index is 12.0. The maximum Gasteiger partial charge on any atom is 0.236 e. The molecule has 0 bridgehead atoms. The van der Waals surface area contributed by atoms with Crippen molar-refractivity contribution in [2.75, 3.05) is 18.8 Å². The van der Waals surface area contributed by atoms with E-state index in [0.29, 0.717) is 5.92 Å². The van der Waals surface area contributed by atoms with Crippen LogP contribution in [0.25, 0.3) is 0 Å². The summed E-state index contributed by atoms with van der Waals surface area (Å²) in [4.78, 5) is 11.8. The minimum atomic E-state index is -3.52. The molecule has 2 aliphatic rings. The van der Waals surface area contributed by atoms with Crippen molar-refractivity contribution in [3.63, 3.8) is 0 Å². The maximum atomic E-state index is 12.0.